The van der Waals surface area contributed by atoms with Crippen LogP contribution in [0.4, 0.5) is 17.1 Å². The number of anilines is 3. The summed E-state index contributed by atoms with van der Waals surface area (Å²) in [5, 5.41) is 3.45. The molecule has 128 valence electrons. The van der Waals surface area contributed by atoms with E-state index in [4.69, 9.17) is 10.5 Å². The van der Waals surface area contributed by atoms with Gasteiger partial charge >= 0.3 is 5.97 Å². The fraction of sp³-hybridized carbons (Fsp3) is 0.316. The fourth-order valence-corrected chi connectivity index (χ4v) is 3.17. The first-order chi connectivity index (χ1) is 11.6. The predicted molar refractivity (Wildman–Crippen MR) is 103 cm³/mol. The van der Waals surface area contributed by atoms with Crippen molar-refractivity contribution in [2.75, 3.05) is 23.4 Å². The van der Waals surface area contributed by atoms with Gasteiger partial charge < -0.3 is 15.8 Å². The molecule has 0 saturated carbocycles. The zero-order valence-electron chi connectivity index (χ0n) is 14.2. The summed E-state index contributed by atoms with van der Waals surface area (Å²) in [6.07, 6.45) is 0.450. The van der Waals surface area contributed by atoms with Gasteiger partial charge in [0.15, 0.2) is 0 Å². The van der Waals surface area contributed by atoms with Gasteiger partial charge in [0.2, 0.25) is 0 Å². The van der Waals surface area contributed by atoms with Gasteiger partial charge in [0.05, 0.1) is 13.0 Å². The highest BCUT2D eigenvalue weighted by atomic mass is 32.2. The molecule has 2 rings (SSSR count). The molecule has 0 bridgehead atoms. The maximum atomic E-state index is 11.4. The van der Waals surface area contributed by atoms with E-state index in [9.17, 15) is 4.79 Å². The van der Waals surface area contributed by atoms with Crippen molar-refractivity contribution < 1.29 is 9.53 Å². The number of para-hydroxylation sites is 1. The van der Waals surface area contributed by atoms with Gasteiger partial charge in [-0.25, -0.2) is 0 Å². The second-order valence-electron chi connectivity index (χ2n) is 5.46. The lowest BCUT2D eigenvalue weighted by Gasteiger charge is -2.13. The highest BCUT2D eigenvalue weighted by Gasteiger charge is 2.05. The Balaban J connectivity index is 1.94. The molecule has 24 heavy (non-hydrogen) atoms. The van der Waals surface area contributed by atoms with E-state index in [-0.39, 0.29) is 5.97 Å². The number of nitrogens with two attached hydrogens (primary N) is 1. The normalized spacial score (nSPS) is 10.4. The second-order valence-corrected chi connectivity index (χ2v) is 6.57. The van der Waals surface area contributed by atoms with Crippen LogP contribution in [0.3, 0.4) is 0 Å². The van der Waals surface area contributed by atoms with Crippen LogP contribution in [0.15, 0.2) is 42.5 Å². The van der Waals surface area contributed by atoms with Crippen LogP contribution < -0.4 is 11.1 Å². The van der Waals surface area contributed by atoms with E-state index in [1.54, 1.807) is 11.8 Å². The number of aryl methyl sites for hydroxylation is 1. The van der Waals surface area contributed by atoms with Crippen LogP contribution in [0.2, 0.25) is 0 Å². The van der Waals surface area contributed by atoms with Crippen molar-refractivity contribution >= 4 is 34.8 Å². The molecule has 0 aliphatic rings. The Labute approximate surface area is 147 Å². The van der Waals surface area contributed by atoms with Crippen LogP contribution in [0.25, 0.3) is 0 Å². The summed E-state index contributed by atoms with van der Waals surface area (Å²) >= 11 is 1.73. The number of nitrogens with one attached hydrogen (secondary N) is 1. The maximum Gasteiger partial charge on any atom is 0.306 e. The number of rotatable bonds is 8. The minimum Gasteiger partial charge on any atom is -0.466 e. The van der Waals surface area contributed by atoms with E-state index in [1.165, 1.54) is 5.56 Å². The van der Waals surface area contributed by atoms with E-state index in [1.807, 2.05) is 44.2 Å². The zero-order valence-corrected chi connectivity index (χ0v) is 15.0. The smallest absolute Gasteiger partial charge is 0.306 e. The Bertz CT molecular complexity index is 689. The molecule has 0 aliphatic carbocycles. The molecule has 2 aromatic rings. The Morgan fingerprint density at radius 3 is 2.79 bits per heavy atom. The van der Waals surface area contributed by atoms with E-state index < -0.39 is 0 Å². The van der Waals surface area contributed by atoms with Crippen LogP contribution in [-0.2, 0) is 15.3 Å². The number of esters is 1. The summed E-state index contributed by atoms with van der Waals surface area (Å²) in [6, 6.07) is 14.1. The molecule has 0 unspecified atom stereocenters. The Hall–Kier alpha value is -2.14. The first-order valence-corrected chi connectivity index (χ1v) is 9.20. The number of carbonyl (C=O) groups excluding carboxylic acids is 1. The third kappa shape index (κ3) is 5.49. The molecule has 0 atom stereocenters. The van der Waals surface area contributed by atoms with Crippen molar-refractivity contribution in [3.05, 3.63) is 53.6 Å². The third-order valence-electron chi connectivity index (χ3n) is 3.58. The van der Waals surface area contributed by atoms with E-state index in [0.29, 0.717) is 13.0 Å². The molecule has 0 spiro atoms. The van der Waals surface area contributed by atoms with Crippen LogP contribution in [0, 0.1) is 6.92 Å². The standard InChI is InChI=1S/C19H24N2O2S/c1-3-23-19(22)10-11-24-13-15-6-4-5-7-18(15)21-16-8-9-17(20)14(2)12-16/h4-9,12,21H,3,10-11,13,20H2,1-2H3. The molecule has 0 aromatic heterocycles. The SMILES string of the molecule is CCOC(=O)CCSCc1ccccc1Nc1ccc(N)c(C)c1. The minimum atomic E-state index is -0.131. The van der Waals surface area contributed by atoms with Gasteiger partial charge in [0.25, 0.3) is 0 Å². The molecule has 4 nitrogen and oxygen atoms in total. The van der Waals surface area contributed by atoms with Crippen molar-refractivity contribution in [2.24, 2.45) is 0 Å². The number of carbonyl (C=O) groups is 1. The summed E-state index contributed by atoms with van der Waals surface area (Å²) < 4.78 is 4.94. The zero-order chi connectivity index (χ0) is 17.4. The van der Waals surface area contributed by atoms with E-state index >= 15 is 0 Å². The van der Waals surface area contributed by atoms with Crippen LogP contribution >= 0.6 is 11.8 Å². The topological polar surface area (TPSA) is 64.3 Å². The number of hydrogen-bond donors (Lipinski definition) is 2. The van der Waals surface area contributed by atoms with Gasteiger partial charge in [0, 0.05) is 28.6 Å². The minimum absolute atomic E-state index is 0.131. The molecule has 0 heterocycles. The largest absolute Gasteiger partial charge is 0.466 e. The van der Waals surface area contributed by atoms with Crippen LogP contribution in [0.5, 0.6) is 0 Å². The Kier molecular flexibility index (Phi) is 7.00. The summed E-state index contributed by atoms with van der Waals surface area (Å²) in [6.45, 7) is 4.26. The summed E-state index contributed by atoms with van der Waals surface area (Å²) in [7, 11) is 0. The van der Waals surface area contributed by atoms with Crippen LogP contribution in [0.1, 0.15) is 24.5 Å². The summed E-state index contributed by atoms with van der Waals surface area (Å²) in [5.74, 6) is 1.47. The summed E-state index contributed by atoms with van der Waals surface area (Å²) in [5.41, 5.74) is 11.0. The highest BCUT2D eigenvalue weighted by Crippen LogP contribution is 2.26. The second kappa shape index (κ2) is 9.23. The van der Waals surface area contributed by atoms with Crippen molar-refractivity contribution in [1.82, 2.24) is 0 Å². The van der Waals surface area contributed by atoms with Gasteiger partial charge in [-0.05, 0) is 49.2 Å². The highest BCUT2D eigenvalue weighted by molar-refractivity contribution is 7.98. The molecule has 0 aliphatic heterocycles. The first kappa shape index (κ1) is 18.2. The number of benzene rings is 2. The molecule has 3 N–H and O–H groups in total. The Morgan fingerprint density at radius 1 is 1.25 bits per heavy atom. The van der Waals surface area contributed by atoms with Crippen molar-refractivity contribution in [3.8, 4) is 0 Å². The molecule has 0 fully saturated rings. The van der Waals surface area contributed by atoms with Crippen molar-refractivity contribution in [3.63, 3.8) is 0 Å². The molecule has 0 amide bonds. The maximum absolute atomic E-state index is 11.4. The lowest BCUT2D eigenvalue weighted by molar-refractivity contribution is -0.142. The fourth-order valence-electron chi connectivity index (χ4n) is 2.25. The lowest BCUT2D eigenvalue weighted by atomic mass is 10.1. The first-order valence-electron chi connectivity index (χ1n) is 8.04. The van der Waals surface area contributed by atoms with Gasteiger partial charge in [-0.15, -0.1) is 0 Å². The quantitative estimate of drug-likeness (QED) is 0.419. The molecule has 0 radical (unpaired) electrons. The molecule has 0 saturated heterocycles. The average Bonchev–Trinajstić information content (AvgIpc) is 2.57. The number of ether oxygens (including phenoxy) is 1. The van der Waals surface area contributed by atoms with Gasteiger partial charge in [-0.2, -0.15) is 11.8 Å². The average molecular weight is 344 g/mol. The number of nitrogen functional groups attached to an aromatic ring is 1. The third-order valence-corrected chi connectivity index (χ3v) is 4.59. The number of thioether (sulfide) groups is 1. The van der Waals surface area contributed by atoms with Gasteiger partial charge in [-0.3, -0.25) is 4.79 Å². The molecular formula is C19H24N2O2S. The van der Waals surface area contributed by atoms with Crippen molar-refractivity contribution in [1.29, 1.82) is 0 Å². The van der Waals surface area contributed by atoms with Gasteiger partial charge in [-0.1, -0.05) is 18.2 Å². The number of hydrogen-bond acceptors (Lipinski definition) is 5. The Morgan fingerprint density at radius 2 is 2.04 bits per heavy atom. The summed E-state index contributed by atoms with van der Waals surface area (Å²) in [4.78, 5) is 11.4. The van der Waals surface area contributed by atoms with Crippen molar-refractivity contribution in [2.45, 2.75) is 26.0 Å². The molecular weight excluding hydrogens is 320 g/mol. The van der Waals surface area contributed by atoms with Gasteiger partial charge in [0.1, 0.15) is 0 Å². The van der Waals surface area contributed by atoms with E-state index in [0.717, 1.165) is 34.1 Å². The monoisotopic (exact) mass is 344 g/mol. The molecule has 5 heteroatoms. The predicted octanol–water partition coefficient (Wildman–Crippen LogP) is 4.51. The lowest BCUT2D eigenvalue weighted by Crippen LogP contribution is -2.04. The molecule has 2 aromatic carbocycles. The van der Waals surface area contributed by atoms with Crippen LogP contribution in [-0.4, -0.2) is 18.3 Å². The van der Waals surface area contributed by atoms with E-state index in [2.05, 4.69) is 17.4 Å².